The fourth-order valence-electron chi connectivity index (χ4n) is 1.04. The van der Waals surface area contributed by atoms with Crippen LogP contribution in [0.15, 0.2) is 35.2 Å². The van der Waals surface area contributed by atoms with Crippen molar-refractivity contribution >= 4 is 28.3 Å². The lowest BCUT2D eigenvalue weighted by molar-refractivity contribution is 0.572. The highest BCUT2D eigenvalue weighted by Gasteiger charge is 2.02. The molecule has 2 aromatic rings. The van der Waals surface area contributed by atoms with Crippen LogP contribution in [0, 0.1) is 3.57 Å². The van der Waals surface area contributed by atoms with Crippen molar-refractivity contribution in [1.82, 2.24) is 4.98 Å². The van der Waals surface area contributed by atoms with E-state index in [4.69, 9.17) is 10.2 Å². The van der Waals surface area contributed by atoms with E-state index in [1.165, 1.54) is 6.39 Å². The van der Waals surface area contributed by atoms with Crippen LogP contribution in [0.4, 0.5) is 5.69 Å². The van der Waals surface area contributed by atoms with E-state index in [9.17, 15) is 0 Å². The van der Waals surface area contributed by atoms with Gasteiger partial charge in [-0.05, 0) is 40.8 Å². The topological polar surface area (TPSA) is 52.0 Å². The molecule has 0 saturated heterocycles. The minimum atomic E-state index is 0.762. The van der Waals surface area contributed by atoms with Gasteiger partial charge in [-0.1, -0.05) is 0 Å². The van der Waals surface area contributed by atoms with E-state index >= 15 is 0 Å². The maximum absolute atomic E-state index is 5.69. The zero-order valence-electron chi connectivity index (χ0n) is 6.70. The standard InChI is InChI=1S/C9H7IN2O/c10-7-3-6(1-2-8(7)11)9-4-12-5-13-9/h1-5H,11H2. The van der Waals surface area contributed by atoms with Gasteiger partial charge in [-0.25, -0.2) is 4.98 Å². The van der Waals surface area contributed by atoms with E-state index in [1.54, 1.807) is 6.20 Å². The Balaban J connectivity index is 2.49. The van der Waals surface area contributed by atoms with Gasteiger partial charge in [-0.15, -0.1) is 0 Å². The molecule has 0 aliphatic heterocycles. The van der Waals surface area contributed by atoms with Crippen LogP contribution in [0.5, 0.6) is 0 Å². The van der Waals surface area contributed by atoms with E-state index in [-0.39, 0.29) is 0 Å². The van der Waals surface area contributed by atoms with Crippen molar-refractivity contribution < 1.29 is 4.42 Å². The van der Waals surface area contributed by atoms with Gasteiger partial charge >= 0.3 is 0 Å². The minimum Gasteiger partial charge on any atom is -0.444 e. The number of hydrogen-bond acceptors (Lipinski definition) is 3. The summed E-state index contributed by atoms with van der Waals surface area (Å²) < 4.78 is 6.18. The summed E-state index contributed by atoms with van der Waals surface area (Å²) in [5.74, 6) is 0.762. The first-order valence-electron chi connectivity index (χ1n) is 3.71. The highest BCUT2D eigenvalue weighted by molar-refractivity contribution is 14.1. The van der Waals surface area contributed by atoms with Crippen molar-refractivity contribution in [2.45, 2.75) is 0 Å². The third kappa shape index (κ3) is 1.67. The maximum atomic E-state index is 5.69. The molecule has 0 aliphatic rings. The molecule has 2 N–H and O–H groups in total. The molecule has 0 bridgehead atoms. The molecule has 2 rings (SSSR count). The first kappa shape index (κ1) is 8.55. The Morgan fingerprint density at radius 2 is 2.23 bits per heavy atom. The van der Waals surface area contributed by atoms with Crippen molar-refractivity contribution in [2.75, 3.05) is 5.73 Å². The molecule has 0 saturated carbocycles. The summed E-state index contributed by atoms with van der Waals surface area (Å²) in [4.78, 5) is 3.85. The molecular formula is C9H7IN2O. The van der Waals surface area contributed by atoms with Crippen LogP contribution in [0.1, 0.15) is 0 Å². The number of aromatic nitrogens is 1. The third-order valence-corrected chi connectivity index (χ3v) is 2.65. The molecule has 0 amide bonds. The Bertz CT molecular complexity index is 412. The number of rotatable bonds is 1. The number of anilines is 1. The summed E-state index contributed by atoms with van der Waals surface area (Å²) in [7, 11) is 0. The SMILES string of the molecule is Nc1ccc(-c2cnco2)cc1I. The van der Waals surface area contributed by atoms with Gasteiger partial charge < -0.3 is 10.2 Å². The lowest BCUT2D eigenvalue weighted by atomic mass is 10.2. The molecule has 3 nitrogen and oxygen atoms in total. The molecular weight excluding hydrogens is 279 g/mol. The van der Waals surface area contributed by atoms with Gasteiger partial charge in [-0.2, -0.15) is 0 Å². The van der Waals surface area contributed by atoms with E-state index in [0.29, 0.717) is 0 Å². The summed E-state index contributed by atoms with van der Waals surface area (Å²) >= 11 is 2.19. The van der Waals surface area contributed by atoms with Crippen molar-refractivity contribution in [2.24, 2.45) is 0 Å². The average Bonchev–Trinajstić information content (AvgIpc) is 2.62. The second-order valence-electron chi connectivity index (χ2n) is 2.60. The molecule has 13 heavy (non-hydrogen) atoms. The number of nitrogens with two attached hydrogens (primary N) is 1. The summed E-state index contributed by atoms with van der Waals surface area (Å²) in [6.07, 6.45) is 3.10. The zero-order valence-corrected chi connectivity index (χ0v) is 8.86. The van der Waals surface area contributed by atoms with Crippen molar-refractivity contribution in [1.29, 1.82) is 0 Å². The monoisotopic (exact) mass is 286 g/mol. The Morgan fingerprint density at radius 3 is 2.85 bits per heavy atom. The summed E-state index contributed by atoms with van der Waals surface area (Å²) in [6.45, 7) is 0. The number of nitrogen functional groups attached to an aromatic ring is 1. The smallest absolute Gasteiger partial charge is 0.181 e. The molecule has 0 atom stereocenters. The summed E-state index contributed by atoms with van der Waals surface area (Å²) in [5, 5.41) is 0. The van der Waals surface area contributed by atoms with Crippen molar-refractivity contribution in [3.63, 3.8) is 0 Å². The molecule has 0 radical (unpaired) electrons. The normalized spacial score (nSPS) is 10.2. The summed E-state index contributed by atoms with van der Waals surface area (Å²) in [6, 6.07) is 5.74. The summed E-state index contributed by atoms with van der Waals surface area (Å²) in [5.41, 5.74) is 7.47. The van der Waals surface area contributed by atoms with Crippen LogP contribution in [0.2, 0.25) is 0 Å². The molecule has 1 aromatic carbocycles. The van der Waals surface area contributed by atoms with Gasteiger partial charge in [-0.3, -0.25) is 0 Å². The van der Waals surface area contributed by atoms with Crippen molar-refractivity contribution in [3.05, 3.63) is 34.4 Å². The van der Waals surface area contributed by atoms with E-state index in [1.807, 2.05) is 18.2 Å². The van der Waals surface area contributed by atoms with E-state index in [0.717, 1.165) is 20.6 Å². The van der Waals surface area contributed by atoms with Gasteiger partial charge in [0, 0.05) is 14.8 Å². The first-order chi connectivity index (χ1) is 6.27. The highest BCUT2D eigenvalue weighted by atomic mass is 127. The quantitative estimate of drug-likeness (QED) is 0.647. The van der Waals surface area contributed by atoms with Gasteiger partial charge in [0.05, 0.1) is 6.20 Å². The molecule has 0 unspecified atom stereocenters. The first-order valence-corrected chi connectivity index (χ1v) is 4.79. The van der Waals surface area contributed by atoms with Gasteiger partial charge in [0.15, 0.2) is 12.2 Å². The number of nitrogens with zero attached hydrogens (tertiary/aromatic N) is 1. The molecule has 1 aromatic heterocycles. The lowest BCUT2D eigenvalue weighted by Gasteiger charge is -1.99. The molecule has 0 fully saturated rings. The Morgan fingerprint density at radius 1 is 1.38 bits per heavy atom. The third-order valence-electron chi connectivity index (χ3n) is 1.72. The Labute approximate surface area is 89.1 Å². The largest absolute Gasteiger partial charge is 0.444 e. The fourth-order valence-corrected chi connectivity index (χ4v) is 1.55. The van der Waals surface area contributed by atoms with Crippen molar-refractivity contribution in [3.8, 4) is 11.3 Å². The van der Waals surface area contributed by atoms with Gasteiger partial charge in [0.2, 0.25) is 0 Å². The molecule has 0 aliphatic carbocycles. The van der Waals surface area contributed by atoms with Gasteiger partial charge in [0.1, 0.15) is 0 Å². The van der Waals surface area contributed by atoms with E-state index in [2.05, 4.69) is 27.6 Å². The average molecular weight is 286 g/mol. The Kier molecular flexibility index (Phi) is 2.22. The van der Waals surface area contributed by atoms with Gasteiger partial charge in [0.25, 0.3) is 0 Å². The molecule has 66 valence electrons. The second kappa shape index (κ2) is 3.37. The highest BCUT2D eigenvalue weighted by Crippen LogP contribution is 2.24. The number of halogens is 1. The maximum Gasteiger partial charge on any atom is 0.181 e. The minimum absolute atomic E-state index is 0.762. The predicted molar refractivity (Wildman–Crippen MR) is 59.1 cm³/mol. The second-order valence-corrected chi connectivity index (χ2v) is 3.76. The van der Waals surface area contributed by atoms with Crippen LogP contribution in [0.25, 0.3) is 11.3 Å². The fraction of sp³-hybridized carbons (Fsp3) is 0. The number of hydrogen-bond donors (Lipinski definition) is 1. The van der Waals surface area contributed by atoms with Crippen LogP contribution in [-0.4, -0.2) is 4.98 Å². The van der Waals surface area contributed by atoms with E-state index < -0.39 is 0 Å². The van der Waals surface area contributed by atoms with Crippen LogP contribution >= 0.6 is 22.6 Å². The van der Waals surface area contributed by atoms with Crippen LogP contribution in [0.3, 0.4) is 0 Å². The number of oxazole rings is 1. The van der Waals surface area contributed by atoms with Crippen LogP contribution < -0.4 is 5.73 Å². The van der Waals surface area contributed by atoms with Crippen LogP contribution in [-0.2, 0) is 0 Å². The number of benzene rings is 1. The predicted octanol–water partition coefficient (Wildman–Crippen LogP) is 2.53. The molecule has 1 heterocycles. The molecule has 4 heteroatoms. The Hall–Kier alpha value is -1.04. The zero-order chi connectivity index (χ0) is 9.26. The molecule has 0 spiro atoms. The lowest BCUT2D eigenvalue weighted by Crippen LogP contribution is -1.88.